The number of primary amides is 1. The Morgan fingerprint density at radius 3 is 2.66 bits per heavy atom. The molecule has 1 unspecified atom stereocenters. The normalized spacial score (nSPS) is 17.9. The number of nitrogens with one attached hydrogen (secondary N) is 2. The molecule has 35 heavy (non-hydrogen) atoms. The summed E-state index contributed by atoms with van der Waals surface area (Å²) in [6, 6.07) is 16.7. The smallest absolute Gasteiger partial charge is 0.252 e. The van der Waals surface area contributed by atoms with Crippen LogP contribution in [0.3, 0.4) is 0 Å². The van der Waals surface area contributed by atoms with Gasteiger partial charge in [0.1, 0.15) is 5.82 Å². The number of nitrogens with zero attached hydrogens (tertiary/aromatic N) is 3. The third-order valence-electron chi connectivity index (χ3n) is 6.47. The van der Waals surface area contributed by atoms with Gasteiger partial charge in [-0.15, -0.1) is 0 Å². The molecule has 1 amide bonds. The zero-order valence-corrected chi connectivity index (χ0v) is 19.2. The van der Waals surface area contributed by atoms with Crippen LogP contribution in [0, 0.1) is 5.82 Å². The third kappa shape index (κ3) is 4.95. The molecule has 8 nitrogen and oxygen atoms in total. The summed E-state index contributed by atoms with van der Waals surface area (Å²) < 4.78 is 16.7. The second-order valence-electron chi connectivity index (χ2n) is 8.96. The highest BCUT2D eigenvalue weighted by atomic mass is 19.1. The molecule has 9 heteroatoms. The first-order valence-corrected chi connectivity index (χ1v) is 11.8. The van der Waals surface area contributed by atoms with Crippen molar-refractivity contribution in [2.45, 2.75) is 44.3 Å². The molecule has 1 saturated carbocycles. The fraction of sp³-hybridized carbons (Fsp3) is 0.269. The predicted octanol–water partition coefficient (Wildman–Crippen LogP) is 4.14. The Morgan fingerprint density at radius 1 is 1.09 bits per heavy atom. The monoisotopic (exact) mass is 473 g/mol. The Hall–Kier alpha value is -3.98. The third-order valence-corrected chi connectivity index (χ3v) is 6.47. The minimum absolute atomic E-state index is 0.0288. The van der Waals surface area contributed by atoms with Crippen LogP contribution in [0.1, 0.15) is 41.6 Å². The van der Waals surface area contributed by atoms with Gasteiger partial charge in [-0.3, -0.25) is 9.48 Å². The molecule has 180 valence electrons. The van der Waals surface area contributed by atoms with Crippen molar-refractivity contribution in [3.05, 3.63) is 77.7 Å². The number of amides is 1. The molecule has 2 atom stereocenters. The van der Waals surface area contributed by atoms with Gasteiger partial charge in [0.25, 0.3) is 5.91 Å². The zero-order chi connectivity index (χ0) is 24.4. The molecule has 0 radical (unpaired) electrons. The average Bonchev–Trinajstić information content (AvgIpc) is 3.24. The van der Waals surface area contributed by atoms with Gasteiger partial charge >= 0.3 is 0 Å². The molecule has 6 N–H and O–H groups in total. The molecule has 1 fully saturated rings. The summed E-state index contributed by atoms with van der Waals surface area (Å²) in [6.45, 7) is 0.616. The highest BCUT2D eigenvalue weighted by molar-refractivity contribution is 5.99. The number of carbonyl (C=O) groups is 1. The summed E-state index contributed by atoms with van der Waals surface area (Å²) in [6.07, 6.45) is 5.60. The maximum absolute atomic E-state index is 14.8. The molecule has 0 saturated heterocycles. The Morgan fingerprint density at radius 2 is 1.89 bits per heavy atom. The summed E-state index contributed by atoms with van der Waals surface area (Å²) >= 11 is 0. The Bertz CT molecular complexity index is 1350. The minimum atomic E-state index is -0.769. The number of carbonyl (C=O) groups excluding carboxylic acids is 1. The van der Waals surface area contributed by atoms with Crippen LogP contribution in [0.15, 0.2) is 60.8 Å². The lowest BCUT2D eigenvalue weighted by atomic mass is 9.91. The molecule has 4 aromatic rings. The van der Waals surface area contributed by atoms with Crippen molar-refractivity contribution >= 4 is 34.1 Å². The maximum Gasteiger partial charge on any atom is 0.252 e. The summed E-state index contributed by atoms with van der Waals surface area (Å²) in [5.74, 6) is -1.18. The highest BCUT2D eigenvalue weighted by Crippen LogP contribution is 2.28. The van der Waals surface area contributed by atoms with E-state index in [9.17, 15) is 9.18 Å². The van der Waals surface area contributed by atoms with E-state index in [1.807, 2.05) is 59.4 Å². The van der Waals surface area contributed by atoms with E-state index in [1.54, 1.807) is 0 Å². The maximum atomic E-state index is 14.8. The van der Waals surface area contributed by atoms with Crippen LogP contribution < -0.4 is 22.1 Å². The van der Waals surface area contributed by atoms with Crippen LogP contribution in [0.2, 0.25) is 0 Å². The van der Waals surface area contributed by atoms with Gasteiger partial charge in [-0.05, 0) is 42.7 Å². The molecular formula is C26H28FN7O. The number of nitrogens with two attached hydrogens (primary N) is 2. The second-order valence-corrected chi connectivity index (χ2v) is 8.96. The van der Waals surface area contributed by atoms with Gasteiger partial charge in [-0.1, -0.05) is 43.2 Å². The Kier molecular flexibility index (Phi) is 6.33. The van der Waals surface area contributed by atoms with E-state index in [1.165, 1.54) is 0 Å². The van der Waals surface area contributed by atoms with Crippen LogP contribution in [0.25, 0.3) is 10.9 Å². The molecular weight excluding hydrogens is 445 g/mol. The number of anilines is 3. The van der Waals surface area contributed by atoms with Crippen molar-refractivity contribution in [1.29, 1.82) is 0 Å². The summed E-state index contributed by atoms with van der Waals surface area (Å²) in [7, 11) is 0. The quantitative estimate of drug-likeness (QED) is 0.320. The summed E-state index contributed by atoms with van der Waals surface area (Å²) in [4.78, 5) is 16.5. The van der Waals surface area contributed by atoms with Crippen molar-refractivity contribution in [3.63, 3.8) is 0 Å². The molecule has 2 heterocycles. The van der Waals surface area contributed by atoms with Crippen molar-refractivity contribution < 1.29 is 9.18 Å². The fourth-order valence-corrected chi connectivity index (χ4v) is 4.55. The number of hydrogen-bond acceptors (Lipinski definition) is 6. The lowest BCUT2D eigenvalue weighted by Gasteiger charge is -2.30. The number of hydrogen-bond donors (Lipinski definition) is 4. The van der Waals surface area contributed by atoms with Crippen LogP contribution in [0.4, 0.5) is 21.7 Å². The van der Waals surface area contributed by atoms with Crippen LogP contribution in [0.5, 0.6) is 0 Å². The number of halogens is 1. The van der Waals surface area contributed by atoms with Crippen LogP contribution >= 0.6 is 0 Å². The van der Waals surface area contributed by atoms with E-state index in [-0.39, 0.29) is 29.3 Å². The molecule has 0 aliphatic heterocycles. The Labute approximate surface area is 202 Å². The fourth-order valence-electron chi connectivity index (χ4n) is 4.55. The van der Waals surface area contributed by atoms with Gasteiger partial charge in [-0.25, -0.2) is 9.37 Å². The zero-order valence-electron chi connectivity index (χ0n) is 19.2. The second kappa shape index (κ2) is 9.71. The first-order chi connectivity index (χ1) is 17.0. The van der Waals surface area contributed by atoms with Crippen molar-refractivity contribution in [2.75, 3.05) is 10.6 Å². The van der Waals surface area contributed by atoms with Crippen LogP contribution in [-0.2, 0) is 6.54 Å². The SMILES string of the molecule is NC(=O)c1cc(F)c(NC2CCCC[C@@H]2N)nc1Nc1ccc2cnn(Cc3ccccc3)c2c1. The first-order valence-electron chi connectivity index (χ1n) is 11.8. The lowest BCUT2D eigenvalue weighted by molar-refractivity contribution is 0.100. The predicted molar refractivity (Wildman–Crippen MR) is 135 cm³/mol. The van der Waals surface area contributed by atoms with Gasteiger partial charge < -0.3 is 22.1 Å². The molecule has 0 spiro atoms. The number of pyridine rings is 1. The van der Waals surface area contributed by atoms with E-state index in [4.69, 9.17) is 11.5 Å². The van der Waals surface area contributed by atoms with Gasteiger partial charge in [0.05, 0.1) is 23.8 Å². The van der Waals surface area contributed by atoms with Gasteiger partial charge in [0.2, 0.25) is 0 Å². The molecule has 1 aliphatic rings. The van der Waals surface area contributed by atoms with Crippen molar-refractivity contribution in [3.8, 4) is 0 Å². The van der Waals surface area contributed by atoms with E-state index in [2.05, 4.69) is 20.7 Å². The molecule has 5 rings (SSSR count). The van der Waals surface area contributed by atoms with Gasteiger partial charge in [-0.2, -0.15) is 5.10 Å². The standard InChI is InChI=1S/C26H28FN7O/c27-20-13-19(24(29)35)25(33-26(20)32-22-9-5-4-8-21(22)28)31-18-11-10-17-14-30-34(23(17)12-18)15-16-6-2-1-3-7-16/h1-3,6-7,10-14,21-22H,4-5,8-9,15,28H2,(H2,29,35)(H2,31,32,33)/t21-,22?/m0/s1. The topological polar surface area (TPSA) is 124 Å². The lowest BCUT2D eigenvalue weighted by Crippen LogP contribution is -2.43. The van der Waals surface area contributed by atoms with E-state index < -0.39 is 11.7 Å². The number of fused-ring (bicyclic) bond motifs is 1. The van der Waals surface area contributed by atoms with Gasteiger partial charge in [0, 0.05) is 23.2 Å². The van der Waals surface area contributed by atoms with Crippen molar-refractivity contribution in [2.24, 2.45) is 11.5 Å². The summed E-state index contributed by atoms with van der Waals surface area (Å²) in [5.41, 5.74) is 14.4. The van der Waals surface area contributed by atoms with E-state index in [0.29, 0.717) is 12.2 Å². The first kappa shape index (κ1) is 22.8. The van der Waals surface area contributed by atoms with Gasteiger partial charge in [0.15, 0.2) is 11.6 Å². The van der Waals surface area contributed by atoms with E-state index >= 15 is 0 Å². The van der Waals surface area contributed by atoms with E-state index in [0.717, 1.165) is 48.2 Å². The number of benzene rings is 2. The molecule has 2 aromatic carbocycles. The largest absolute Gasteiger partial charge is 0.365 e. The minimum Gasteiger partial charge on any atom is -0.365 e. The molecule has 1 aliphatic carbocycles. The number of rotatable bonds is 7. The van der Waals surface area contributed by atoms with Crippen molar-refractivity contribution in [1.82, 2.24) is 14.8 Å². The summed E-state index contributed by atoms with van der Waals surface area (Å²) in [5, 5.41) is 11.8. The Balaban J connectivity index is 1.45. The molecule has 2 aromatic heterocycles. The van der Waals surface area contributed by atoms with Crippen LogP contribution in [-0.4, -0.2) is 32.8 Å². The highest BCUT2D eigenvalue weighted by Gasteiger charge is 2.24. The molecule has 0 bridgehead atoms. The average molecular weight is 474 g/mol. The number of aromatic nitrogens is 3.